The summed E-state index contributed by atoms with van der Waals surface area (Å²) in [6, 6.07) is 8.44. The van der Waals surface area contributed by atoms with Gasteiger partial charge in [0.2, 0.25) is 0 Å². The van der Waals surface area contributed by atoms with Gasteiger partial charge in [-0.15, -0.1) is 0 Å². The lowest BCUT2D eigenvalue weighted by Crippen LogP contribution is -2.11. The van der Waals surface area contributed by atoms with Crippen molar-refractivity contribution in [3.05, 3.63) is 52.2 Å². The molecule has 2 rings (SSSR count). The van der Waals surface area contributed by atoms with Crippen LogP contribution < -0.4 is 14.8 Å². The van der Waals surface area contributed by atoms with Crippen LogP contribution >= 0.6 is 0 Å². The molecular weight excluding hydrogens is 366 g/mol. The molecule has 1 aromatic heterocycles. The predicted octanol–water partition coefficient (Wildman–Crippen LogP) is 2.99. The first-order chi connectivity index (χ1) is 13.5. The smallest absolute Gasteiger partial charge is 0.306 e. The number of hydrogen-bond donors (Lipinski definition) is 1. The average molecular weight is 389 g/mol. The Bertz CT molecular complexity index is 795. The Balaban J connectivity index is 1.64. The number of esters is 1. The van der Waals surface area contributed by atoms with Crippen LogP contribution in [-0.2, 0) is 16.0 Å². The van der Waals surface area contributed by atoms with E-state index in [1.54, 1.807) is 20.3 Å². The predicted molar refractivity (Wildman–Crippen MR) is 103 cm³/mol. The van der Waals surface area contributed by atoms with Crippen molar-refractivity contribution in [2.24, 2.45) is 0 Å². The zero-order valence-electron chi connectivity index (χ0n) is 15.8. The summed E-state index contributed by atoms with van der Waals surface area (Å²) in [4.78, 5) is 25.9. The molecule has 0 amide bonds. The van der Waals surface area contributed by atoms with Crippen molar-refractivity contribution >= 4 is 17.5 Å². The molecular formula is C19H23N3O6. The number of hydrogen-bond acceptors (Lipinski definition) is 8. The van der Waals surface area contributed by atoms with Crippen LogP contribution in [-0.4, -0.2) is 43.2 Å². The monoisotopic (exact) mass is 389 g/mol. The molecule has 0 saturated carbocycles. The number of aromatic nitrogens is 1. The van der Waals surface area contributed by atoms with Gasteiger partial charge in [0, 0.05) is 19.0 Å². The lowest BCUT2D eigenvalue weighted by Gasteiger charge is -2.10. The second-order valence-corrected chi connectivity index (χ2v) is 5.85. The van der Waals surface area contributed by atoms with E-state index < -0.39 is 4.92 Å². The van der Waals surface area contributed by atoms with Gasteiger partial charge < -0.3 is 19.5 Å². The second-order valence-electron chi connectivity index (χ2n) is 5.85. The van der Waals surface area contributed by atoms with Gasteiger partial charge in [-0.2, -0.15) is 0 Å². The Morgan fingerprint density at radius 3 is 2.61 bits per heavy atom. The molecule has 0 aliphatic heterocycles. The molecule has 0 aliphatic carbocycles. The molecule has 1 N–H and O–H groups in total. The summed E-state index contributed by atoms with van der Waals surface area (Å²) >= 11 is 0. The minimum Gasteiger partial charge on any atom is -0.493 e. The van der Waals surface area contributed by atoms with Gasteiger partial charge in [-0.05, 0) is 36.6 Å². The maximum atomic E-state index is 11.9. The molecule has 9 heteroatoms. The van der Waals surface area contributed by atoms with Crippen LogP contribution in [0.15, 0.2) is 36.5 Å². The molecule has 9 nitrogen and oxygen atoms in total. The standard InChI is InChI=1S/C19H23N3O6/c1-26-16-7-4-14(12-17(16)27-2)5-9-19(23)28-11-3-10-20-18-8-6-15(13-21-18)22(24)25/h4,6-8,12-13H,3,5,9-11H2,1-2H3,(H,20,21). The molecule has 0 saturated heterocycles. The minimum atomic E-state index is -0.502. The SMILES string of the molecule is COc1ccc(CCC(=O)OCCCNc2ccc([N+](=O)[O-])cn2)cc1OC. The van der Waals surface area contributed by atoms with Crippen molar-refractivity contribution in [1.29, 1.82) is 0 Å². The fourth-order valence-electron chi connectivity index (χ4n) is 2.43. The number of carbonyl (C=O) groups is 1. The highest BCUT2D eigenvalue weighted by Gasteiger charge is 2.08. The van der Waals surface area contributed by atoms with E-state index in [0.29, 0.717) is 36.7 Å². The first-order valence-electron chi connectivity index (χ1n) is 8.74. The normalized spacial score (nSPS) is 10.2. The Morgan fingerprint density at radius 2 is 1.96 bits per heavy atom. The van der Waals surface area contributed by atoms with Gasteiger partial charge >= 0.3 is 5.97 Å². The fourth-order valence-corrected chi connectivity index (χ4v) is 2.43. The number of anilines is 1. The Hall–Kier alpha value is -3.36. The van der Waals surface area contributed by atoms with E-state index in [-0.39, 0.29) is 24.7 Å². The van der Waals surface area contributed by atoms with E-state index in [1.165, 1.54) is 18.3 Å². The summed E-state index contributed by atoms with van der Waals surface area (Å²) in [5.74, 6) is 1.52. The van der Waals surface area contributed by atoms with E-state index in [9.17, 15) is 14.9 Å². The van der Waals surface area contributed by atoms with Crippen molar-refractivity contribution in [2.75, 3.05) is 32.7 Å². The number of benzene rings is 1. The maximum Gasteiger partial charge on any atom is 0.306 e. The number of ether oxygens (including phenoxy) is 3. The quantitative estimate of drug-likeness (QED) is 0.270. The third-order valence-corrected chi connectivity index (χ3v) is 3.91. The number of nitro groups is 1. The highest BCUT2D eigenvalue weighted by molar-refractivity contribution is 5.69. The zero-order chi connectivity index (χ0) is 20.4. The number of carbonyl (C=O) groups excluding carboxylic acids is 1. The molecule has 2 aromatic rings. The first kappa shape index (κ1) is 20.9. The van der Waals surface area contributed by atoms with Crippen LogP contribution in [0.5, 0.6) is 11.5 Å². The fraction of sp³-hybridized carbons (Fsp3) is 0.368. The maximum absolute atomic E-state index is 11.9. The molecule has 0 radical (unpaired) electrons. The number of nitrogens with zero attached hydrogens (tertiary/aromatic N) is 2. The van der Waals surface area contributed by atoms with E-state index in [4.69, 9.17) is 14.2 Å². The lowest BCUT2D eigenvalue weighted by molar-refractivity contribution is -0.385. The van der Waals surface area contributed by atoms with Gasteiger partial charge in [-0.3, -0.25) is 14.9 Å². The Morgan fingerprint density at radius 1 is 1.18 bits per heavy atom. The second kappa shape index (κ2) is 10.7. The summed E-state index contributed by atoms with van der Waals surface area (Å²) in [5, 5.41) is 13.6. The van der Waals surface area contributed by atoms with Gasteiger partial charge in [0.15, 0.2) is 11.5 Å². The van der Waals surface area contributed by atoms with Crippen molar-refractivity contribution in [1.82, 2.24) is 4.98 Å². The van der Waals surface area contributed by atoms with E-state index in [0.717, 1.165) is 5.56 Å². The summed E-state index contributed by atoms with van der Waals surface area (Å²) in [6.07, 6.45) is 2.61. The van der Waals surface area contributed by atoms with E-state index >= 15 is 0 Å². The van der Waals surface area contributed by atoms with Crippen molar-refractivity contribution in [3.8, 4) is 11.5 Å². The van der Waals surface area contributed by atoms with Crippen LogP contribution in [0.4, 0.5) is 11.5 Å². The lowest BCUT2D eigenvalue weighted by atomic mass is 10.1. The zero-order valence-corrected chi connectivity index (χ0v) is 15.8. The topological polar surface area (TPSA) is 113 Å². The minimum absolute atomic E-state index is 0.0611. The van der Waals surface area contributed by atoms with Crippen LogP contribution in [0.25, 0.3) is 0 Å². The van der Waals surface area contributed by atoms with Crippen LogP contribution in [0.3, 0.4) is 0 Å². The molecule has 0 aliphatic rings. The van der Waals surface area contributed by atoms with Crippen LogP contribution in [0.2, 0.25) is 0 Å². The molecule has 0 bridgehead atoms. The van der Waals surface area contributed by atoms with Crippen molar-refractivity contribution in [3.63, 3.8) is 0 Å². The highest BCUT2D eigenvalue weighted by atomic mass is 16.6. The molecule has 1 aromatic carbocycles. The van der Waals surface area contributed by atoms with Crippen LogP contribution in [0.1, 0.15) is 18.4 Å². The first-order valence-corrected chi connectivity index (χ1v) is 8.74. The summed E-state index contributed by atoms with van der Waals surface area (Å²) in [6.45, 7) is 0.818. The van der Waals surface area contributed by atoms with Gasteiger partial charge in [0.05, 0.1) is 25.7 Å². The molecule has 1 heterocycles. The average Bonchev–Trinajstić information content (AvgIpc) is 2.72. The number of pyridine rings is 1. The largest absolute Gasteiger partial charge is 0.493 e. The summed E-state index contributed by atoms with van der Waals surface area (Å²) in [7, 11) is 3.14. The van der Waals surface area contributed by atoms with Gasteiger partial charge in [0.25, 0.3) is 5.69 Å². The Labute approximate surface area is 162 Å². The third kappa shape index (κ3) is 6.42. The van der Waals surface area contributed by atoms with Crippen LogP contribution in [0, 0.1) is 10.1 Å². The molecule has 0 spiro atoms. The van der Waals surface area contributed by atoms with E-state index in [1.807, 2.05) is 12.1 Å². The summed E-state index contributed by atoms with van der Waals surface area (Å²) in [5.41, 5.74) is 0.898. The van der Waals surface area contributed by atoms with Gasteiger partial charge in [-0.25, -0.2) is 4.98 Å². The molecule has 28 heavy (non-hydrogen) atoms. The molecule has 0 unspecified atom stereocenters. The van der Waals surface area contributed by atoms with Crippen molar-refractivity contribution in [2.45, 2.75) is 19.3 Å². The Kier molecular flexibility index (Phi) is 8.01. The molecule has 150 valence electrons. The van der Waals surface area contributed by atoms with Crippen molar-refractivity contribution < 1.29 is 23.9 Å². The molecule has 0 atom stereocenters. The number of rotatable bonds is 11. The number of methoxy groups -OCH3 is 2. The van der Waals surface area contributed by atoms with Gasteiger partial charge in [-0.1, -0.05) is 6.07 Å². The number of aryl methyl sites for hydroxylation is 1. The van der Waals surface area contributed by atoms with Gasteiger partial charge in [0.1, 0.15) is 12.0 Å². The third-order valence-electron chi connectivity index (χ3n) is 3.91. The van der Waals surface area contributed by atoms with E-state index in [2.05, 4.69) is 10.3 Å². The molecule has 0 fully saturated rings. The number of nitrogens with one attached hydrogen (secondary N) is 1. The summed E-state index contributed by atoms with van der Waals surface area (Å²) < 4.78 is 15.6. The highest BCUT2D eigenvalue weighted by Crippen LogP contribution is 2.28.